The zero-order chi connectivity index (χ0) is 30.7. The van der Waals surface area contributed by atoms with E-state index in [-0.39, 0.29) is 30.4 Å². The number of H-pyrrole nitrogens is 1. The van der Waals surface area contributed by atoms with Gasteiger partial charge >= 0.3 is 6.18 Å². The highest BCUT2D eigenvalue weighted by molar-refractivity contribution is 5.83. The molecule has 3 aromatic heterocycles. The van der Waals surface area contributed by atoms with Crippen LogP contribution in [0.2, 0.25) is 0 Å². The van der Waals surface area contributed by atoms with Crippen molar-refractivity contribution in [2.24, 2.45) is 0 Å². The van der Waals surface area contributed by atoms with Gasteiger partial charge in [-0.3, -0.25) is 14.7 Å². The van der Waals surface area contributed by atoms with E-state index in [1.165, 1.54) is 6.07 Å². The molecule has 8 nitrogen and oxygen atoms in total. The van der Waals surface area contributed by atoms with Gasteiger partial charge < -0.3 is 19.5 Å². The third kappa shape index (κ3) is 5.43. The summed E-state index contributed by atoms with van der Waals surface area (Å²) in [6.07, 6.45) is -0.233. The number of ether oxygens (including phenoxy) is 1. The molecule has 7 rings (SSSR count). The second kappa shape index (κ2) is 10.9. The average Bonchev–Trinajstić information content (AvgIpc) is 3.66. The Labute approximate surface area is 253 Å². The van der Waals surface area contributed by atoms with Crippen molar-refractivity contribution in [2.75, 3.05) is 26.7 Å². The number of amides is 1. The summed E-state index contributed by atoms with van der Waals surface area (Å²) in [5.41, 5.74) is 3.44. The summed E-state index contributed by atoms with van der Waals surface area (Å²) in [7, 11) is 2.07. The van der Waals surface area contributed by atoms with Crippen LogP contribution in [0.4, 0.5) is 13.2 Å². The fourth-order valence-electron chi connectivity index (χ4n) is 7.13. The molecule has 2 fully saturated rings. The van der Waals surface area contributed by atoms with Crippen molar-refractivity contribution in [3.05, 3.63) is 82.4 Å². The lowest BCUT2D eigenvalue weighted by molar-refractivity contribution is -0.139. The van der Waals surface area contributed by atoms with Crippen molar-refractivity contribution in [1.82, 2.24) is 29.7 Å². The van der Waals surface area contributed by atoms with Crippen molar-refractivity contribution < 1.29 is 22.7 Å². The Morgan fingerprint density at radius 1 is 1.09 bits per heavy atom. The maximum atomic E-state index is 14.2. The number of fused-ring (bicyclic) bond motifs is 4. The number of halogens is 3. The molecule has 6 heterocycles. The van der Waals surface area contributed by atoms with Gasteiger partial charge in [0.25, 0.3) is 0 Å². The summed E-state index contributed by atoms with van der Waals surface area (Å²) in [4.78, 5) is 31.8. The number of carbonyl (C=O) groups excluding carboxylic acids is 1. The van der Waals surface area contributed by atoms with E-state index in [1.807, 2.05) is 26.0 Å². The standard InChI is InChI=1S/C33H35F3N6O2/c1-19-14-42(16-23-11-26(13-38-31(19)23)44-29-6-7-37-32-27(29)8-20(2)39-32)30(43)10-21-4-5-22(28(9-21)33(34,35)36)15-41-18-24-12-25(41)17-40(24)3/h4-9,11,13,19,24-25H,10,12,14-18H2,1-3H3,(H,37,39)/t19-,24-,25-/m1/s1. The number of likely N-dealkylation sites (N-methyl/N-ethyl adjacent to an activating group) is 1. The highest BCUT2D eigenvalue weighted by atomic mass is 19.4. The van der Waals surface area contributed by atoms with Crippen LogP contribution in [0.15, 0.2) is 48.8 Å². The van der Waals surface area contributed by atoms with Gasteiger partial charge in [0.15, 0.2) is 0 Å². The van der Waals surface area contributed by atoms with E-state index in [1.54, 1.807) is 35.5 Å². The van der Waals surface area contributed by atoms with Gasteiger partial charge in [-0.05, 0) is 61.3 Å². The number of hydrogen-bond acceptors (Lipinski definition) is 6. The van der Waals surface area contributed by atoms with E-state index in [2.05, 4.69) is 31.8 Å². The van der Waals surface area contributed by atoms with Gasteiger partial charge in [0, 0.05) is 62.6 Å². The van der Waals surface area contributed by atoms with E-state index in [0.717, 1.165) is 47.5 Å². The van der Waals surface area contributed by atoms with Gasteiger partial charge in [0.1, 0.15) is 17.1 Å². The number of hydrogen-bond donors (Lipinski definition) is 1. The van der Waals surface area contributed by atoms with Crippen LogP contribution in [0, 0.1) is 6.92 Å². The maximum Gasteiger partial charge on any atom is 0.416 e. The van der Waals surface area contributed by atoms with Crippen molar-refractivity contribution in [3.8, 4) is 11.5 Å². The van der Waals surface area contributed by atoms with Crippen LogP contribution in [0.1, 0.15) is 52.9 Å². The van der Waals surface area contributed by atoms with Gasteiger partial charge in [-0.1, -0.05) is 19.1 Å². The molecule has 4 aromatic rings. The molecular formula is C33H35F3N6O2. The zero-order valence-corrected chi connectivity index (χ0v) is 25.0. The Kier molecular flexibility index (Phi) is 7.12. The molecule has 1 aromatic carbocycles. The second-order valence-electron chi connectivity index (χ2n) is 12.6. The molecule has 0 unspecified atom stereocenters. The lowest BCUT2D eigenvalue weighted by atomic mass is 9.95. The van der Waals surface area contributed by atoms with E-state index in [9.17, 15) is 18.0 Å². The van der Waals surface area contributed by atoms with Crippen molar-refractivity contribution >= 4 is 16.9 Å². The molecule has 0 saturated carbocycles. The normalized spacial score (nSPS) is 22.1. The predicted molar refractivity (Wildman–Crippen MR) is 159 cm³/mol. The topological polar surface area (TPSA) is 77.6 Å². The summed E-state index contributed by atoms with van der Waals surface area (Å²) in [6.45, 7) is 6.65. The minimum Gasteiger partial charge on any atom is -0.455 e. The van der Waals surface area contributed by atoms with E-state index in [0.29, 0.717) is 42.2 Å². The molecule has 2 bridgehead atoms. The number of aromatic amines is 1. The van der Waals surface area contributed by atoms with E-state index in [4.69, 9.17) is 4.74 Å². The van der Waals surface area contributed by atoms with Crippen LogP contribution < -0.4 is 4.74 Å². The van der Waals surface area contributed by atoms with Crippen LogP contribution in [-0.2, 0) is 30.5 Å². The first kappa shape index (κ1) is 28.8. The largest absolute Gasteiger partial charge is 0.455 e. The second-order valence-corrected chi connectivity index (χ2v) is 12.6. The van der Waals surface area contributed by atoms with E-state index >= 15 is 0 Å². The highest BCUT2D eigenvalue weighted by Crippen LogP contribution is 2.37. The first-order valence-corrected chi connectivity index (χ1v) is 15.0. The van der Waals surface area contributed by atoms with Crippen LogP contribution in [-0.4, -0.2) is 74.3 Å². The van der Waals surface area contributed by atoms with Gasteiger partial charge in [0.2, 0.25) is 5.91 Å². The molecule has 1 N–H and O–H groups in total. The molecule has 3 aliphatic rings. The Hall–Kier alpha value is -3.96. The first-order valence-electron chi connectivity index (χ1n) is 15.0. The average molecular weight is 605 g/mol. The Morgan fingerprint density at radius 3 is 2.68 bits per heavy atom. The number of piperazine rings is 1. The number of aryl methyl sites for hydroxylation is 1. The Morgan fingerprint density at radius 2 is 1.93 bits per heavy atom. The Bertz CT molecular complexity index is 1730. The molecule has 0 aliphatic carbocycles. The molecule has 1 amide bonds. The molecule has 44 heavy (non-hydrogen) atoms. The minimum absolute atomic E-state index is 0.0281. The van der Waals surface area contributed by atoms with Crippen molar-refractivity contribution in [3.63, 3.8) is 0 Å². The van der Waals surface area contributed by atoms with Crippen LogP contribution >= 0.6 is 0 Å². The van der Waals surface area contributed by atoms with Crippen molar-refractivity contribution in [1.29, 1.82) is 0 Å². The highest BCUT2D eigenvalue weighted by Gasteiger charge is 2.42. The molecule has 11 heteroatoms. The summed E-state index contributed by atoms with van der Waals surface area (Å²) in [6, 6.07) is 10.8. The van der Waals surface area contributed by atoms with E-state index < -0.39 is 11.7 Å². The van der Waals surface area contributed by atoms with Crippen LogP contribution in [0.25, 0.3) is 11.0 Å². The molecule has 3 atom stereocenters. The number of rotatable bonds is 6. The summed E-state index contributed by atoms with van der Waals surface area (Å²) >= 11 is 0. The number of benzene rings is 1. The number of aromatic nitrogens is 3. The lowest BCUT2D eigenvalue weighted by Crippen LogP contribution is -2.44. The summed E-state index contributed by atoms with van der Waals surface area (Å²) < 4.78 is 48.8. The van der Waals surface area contributed by atoms with Gasteiger partial charge in [-0.15, -0.1) is 0 Å². The predicted octanol–water partition coefficient (Wildman–Crippen LogP) is 5.65. The Balaban J connectivity index is 1.07. The van der Waals surface area contributed by atoms with Crippen molar-refractivity contribution in [2.45, 2.75) is 64.0 Å². The first-order chi connectivity index (χ1) is 21.0. The monoisotopic (exact) mass is 604 g/mol. The molecule has 3 aliphatic heterocycles. The number of pyridine rings is 2. The van der Waals surface area contributed by atoms with Gasteiger partial charge in [-0.2, -0.15) is 13.2 Å². The number of nitrogens with zero attached hydrogens (tertiary/aromatic N) is 5. The van der Waals surface area contributed by atoms with Gasteiger partial charge in [-0.25, -0.2) is 4.98 Å². The lowest BCUT2D eigenvalue weighted by Gasteiger charge is -2.33. The zero-order valence-electron chi connectivity index (χ0n) is 25.0. The third-order valence-corrected chi connectivity index (χ3v) is 9.34. The smallest absolute Gasteiger partial charge is 0.416 e. The number of alkyl halides is 3. The van der Waals surface area contributed by atoms with Crippen LogP contribution in [0.3, 0.4) is 0 Å². The third-order valence-electron chi connectivity index (χ3n) is 9.34. The summed E-state index contributed by atoms with van der Waals surface area (Å²) in [5.74, 6) is 0.944. The molecular weight excluding hydrogens is 569 g/mol. The number of carbonyl (C=O) groups is 1. The SMILES string of the molecule is Cc1cc2c(Oc3cnc4c(c3)CN(C(=O)Cc3ccc(CN5C[C@H]6C[C@@H]5CN6C)c(C(F)(F)F)c3)C[C@H]4C)ccnc2[nH]1. The minimum atomic E-state index is -4.50. The molecule has 0 spiro atoms. The maximum absolute atomic E-state index is 14.2. The van der Waals surface area contributed by atoms with Crippen LogP contribution in [0.5, 0.6) is 11.5 Å². The van der Waals surface area contributed by atoms with Gasteiger partial charge in [0.05, 0.1) is 29.3 Å². The molecule has 230 valence electrons. The number of nitrogens with one attached hydrogen (secondary N) is 1. The summed E-state index contributed by atoms with van der Waals surface area (Å²) in [5, 5.41) is 0.859. The quantitative estimate of drug-likeness (QED) is 0.307. The fraction of sp³-hybridized carbons (Fsp3) is 0.424. The molecule has 0 radical (unpaired) electrons. The fourth-order valence-corrected chi connectivity index (χ4v) is 7.13. The number of likely N-dealkylation sites (tertiary alicyclic amines) is 2. The molecule has 2 saturated heterocycles.